The van der Waals surface area contributed by atoms with E-state index in [0.717, 1.165) is 15.5 Å². The average molecular weight is 350 g/mol. The van der Waals surface area contributed by atoms with Crippen molar-refractivity contribution in [1.29, 1.82) is 0 Å². The largest absolute Gasteiger partial charge is 0.314 e. The number of carbonyl (C=O) groups excluding carboxylic acids is 1. The van der Waals surface area contributed by atoms with Crippen LogP contribution in [0.15, 0.2) is 65.7 Å². The number of carbonyl (C=O) groups is 1. The summed E-state index contributed by atoms with van der Waals surface area (Å²) in [6, 6.07) is 18.3. The van der Waals surface area contributed by atoms with Gasteiger partial charge in [-0.2, -0.15) is 4.99 Å². The van der Waals surface area contributed by atoms with Gasteiger partial charge in [0.2, 0.25) is 0 Å². The summed E-state index contributed by atoms with van der Waals surface area (Å²) in [6.45, 7) is 2.46. The molecule has 0 radical (unpaired) electrons. The summed E-state index contributed by atoms with van der Waals surface area (Å²) in [4.78, 5) is 17.6. The molecule has 5 heteroatoms. The number of nitrogens with zero attached hydrogens (tertiary/aromatic N) is 2. The smallest absolute Gasteiger partial charge is 0.280 e. The predicted molar refractivity (Wildman–Crippen MR) is 99.3 cm³/mol. The highest BCUT2D eigenvalue weighted by Crippen LogP contribution is 2.22. The van der Waals surface area contributed by atoms with Gasteiger partial charge >= 0.3 is 0 Å². The van der Waals surface area contributed by atoms with Crippen molar-refractivity contribution >= 4 is 38.2 Å². The Morgan fingerprint density at radius 2 is 1.84 bits per heavy atom. The van der Waals surface area contributed by atoms with E-state index in [2.05, 4.69) is 4.99 Å². The van der Waals surface area contributed by atoms with Gasteiger partial charge in [-0.1, -0.05) is 53.8 Å². The van der Waals surface area contributed by atoms with E-state index in [1.165, 1.54) is 17.4 Å². The van der Waals surface area contributed by atoms with Crippen LogP contribution in [0, 0.1) is 5.82 Å². The van der Waals surface area contributed by atoms with E-state index in [0.29, 0.717) is 22.4 Å². The third kappa shape index (κ3) is 2.66. The van der Waals surface area contributed by atoms with Crippen molar-refractivity contribution in [3.63, 3.8) is 0 Å². The molecule has 4 rings (SSSR count). The lowest BCUT2D eigenvalue weighted by atomic mass is 10.0. The number of halogens is 1. The monoisotopic (exact) mass is 350 g/mol. The van der Waals surface area contributed by atoms with Crippen molar-refractivity contribution in [2.24, 2.45) is 4.99 Å². The topological polar surface area (TPSA) is 34.4 Å². The molecule has 0 fully saturated rings. The summed E-state index contributed by atoms with van der Waals surface area (Å²) in [7, 11) is 0. The second-order valence-electron chi connectivity index (χ2n) is 5.66. The molecule has 0 spiro atoms. The maximum atomic E-state index is 14.2. The Hall–Kier alpha value is -2.79. The number of amides is 1. The van der Waals surface area contributed by atoms with E-state index in [9.17, 15) is 9.18 Å². The quantitative estimate of drug-likeness (QED) is 0.513. The molecule has 0 aliphatic carbocycles. The van der Waals surface area contributed by atoms with Crippen molar-refractivity contribution in [3.8, 4) is 0 Å². The minimum absolute atomic E-state index is 0.297. The first kappa shape index (κ1) is 15.7. The Morgan fingerprint density at radius 1 is 1.08 bits per heavy atom. The van der Waals surface area contributed by atoms with E-state index in [1.54, 1.807) is 16.7 Å². The van der Waals surface area contributed by atoms with Gasteiger partial charge in [0.25, 0.3) is 5.91 Å². The Labute approximate surface area is 147 Å². The average Bonchev–Trinajstić information content (AvgIpc) is 2.99. The third-order valence-corrected chi connectivity index (χ3v) is 5.23. The number of aromatic nitrogens is 1. The lowest BCUT2D eigenvalue weighted by molar-refractivity contribution is 0.0999. The summed E-state index contributed by atoms with van der Waals surface area (Å²) >= 11 is 1.33. The molecule has 0 atom stereocenters. The number of rotatable bonds is 2. The van der Waals surface area contributed by atoms with Crippen molar-refractivity contribution in [1.82, 2.24) is 4.57 Å². The molecule has 0 N–H and O–H groups in total. The highest BCUT2D eigenvalue weighted by atomic mass is 32.1. The summed E-state index contributed by atoms with van der Waals surface area (Å²) in [5.74, 6) is -0.611. The first-order valence-electron chi connectivity index (χ1n) is 8.03. The SMILES string of the molecule is CCn1c(=NC(=O)c2cccc3ccccc23)sc2cccc(F)c21. The van der Waals surface area contributed by atoms with Crippen LogP contribution in [0.1, 0.15) is 17.3 Å². The van der Waals surface area contributed by atoms with E-state index >= 15 is 0 Å². The van der Waals surface area contributed by atoms with Crippen LogP contribution >= 0.6 is 11.3 Å². The maximum absolute atomic E-state index is 14.2. The number of hydrogen-bond acceptors (Lipinski definition) is 2. The standard InChI is InChI=1S/C20H15FN2OS/c1-2-23-18-16(21)11-6-12-17(18)25-20(23)22-19(24)15-10-5-8-13-7-3-4-9-14(13)15/h3-12H,2H2,1H3. The molecule has 1 heterocycles. The van der Waals surface area contributed by atoms with Crippen molar-refractivity contribution in [2.75, 3.05) is 0 Å². The number of hydrogen-bond donors (Lipinski definition) is 0. The lowest BCUT2D eigenvalue weighted by Gasteiger charge is -2.03. The van der Waals surface area contributed by atoms with Crippen LogP contribution < -0.4 is 4.80 Å². The molecule has 1 amide bonds. The molecule has 0 saturated carbocycles. The molecule has 4 aromatic rings. The zero-order valence-corrected chi connectivity index (χ0v) is 14.4. The van der Waals surface area contributed by atoms with Crippen LogP contribution in [0.5, 0.6) is 0 Å². The van der Waals surface area contributed by atoms with Gasteiger partial charge in [-0.15, -0.1) is 0 Å². The normalized spacial score (nSPS) is 12.2. The fourth-order valence-corrected chi connectivity index (χ4v) is 4.13. The van der Waals surface area contributed by atoms with E-state index in [4.69, 9.17) is 0 Å². The van der Waals surface area contributed by atoms with Gasteiger partial charge in [0, 0.05) is 12.1 Å². The minimum atomic E-state index is -0.314. The molecule has 124 valence electrons. The summed E-state index contributed by atoms with van der Waals surface area (Å²) < 4.78 is 16.7. The fraction of sp³-hybridized carbons (Fsp3) is 0.100. The summed E-state index contributed by atoms with van der Waals surface area (Å²) in [5, 5.41) is 1.86. The molecule has 0 saturated heterocycles. The van der Waals surface area contributed by atoms with Gasteiger partial charge < -0.3 is 4.57 Å². The van der Waals surface area contributed by atoms with Gasteiger partial charge in [-0.3, -0.25) is 4.79 Å². The number of thiazole rings is 1. The zero-order valence-electron chi connectivity index (χ0n) is 13.6. The minimum Gasteiger partial charge on any atom is -0.314 e. The highest BCUT2D eigenvalue weighted by Gasteiger charge is 2.12. The van der Waals surface area contributed by atoms with E-state index in [-0.39, 0.29) is 11.7 Å². The summed E-state index contributed by atoms with van der Waals surface area (Å²) in [6.07, 6.45) is 0. The van der Waals surface area contributed by atoms with Crippen molar-refractivity contribution < 1.29 is 9.18 Å². The molecular formula is C20H15FN2OS. The number of aryl methyl sites for hydroxylation is 1. The Bertz CT molecular complexity index is 1170. The molecule has 1 aromatic heterocycles. The molecule has 0 unspecified atom stereocenters. The molecular weight excluding hydrogens is 335 g/mol. The molecule has 0 aliphatic rings. The van der Waals surface area contributed by atoms with Crippen LogP contribution in [0.4, 0.5) is 4.39 Å². The molecule has 0 aliphatic heterocycles. The zero-order chi connectivity index (χ0) is 17.4. The molecule has 3 nitrogen and oxygen atoms in total. The Kier molecular flexibility index (Phi) is 3.93. The van der Waals surface area contributed by atoms with E-state index < -0.39 is 0 Å². The van der Waals surface area contributed by atoms with Crippen LogP contribution in [0.2, 0.25) is 0 Å². The van der Waals surface area contributed by atoms with Crippen LogP contribution in [-0.2, 0) is 6.54 Å². The van der Waals surface area contributed by atoms with Crippen LogP contribution in [0.3, 0.4) is 0 Å². The number of para-hydroxylation sites is 1. The predicted octanol–water partition coefficient (Wildman–Crippen LogP) is 4.76. The Balaban J connectivity index is 1.92. The third-order valence-electron chi connectivity index (χ3n) is 4.19. The molecule has 3 aromatic carbocycles. The number of benzene rings is 3. The second-order valence-corrected chi connectivity index (χ2v) is 6.67. The first-order valence-corrected chi connectivity index (χ1v) is 8.85. The van der Waals surface area contributed by atoms with Gasteiger partial charge in [0.15, 0.2) is 4.80 Å². The fourth-order valence-electron chi connectivity index (χ4n) is 3.02. The van der Waals surface area contributed by atoms with Crippen molar-refractivity contribution in [2.45, 2.75) is 13.5 Å². The highest BCUT2D eigenvalue weighted by molar-refractivity contribution is 7.16. The second kappa shape index (κ2) is 6.26. The summed E-state index contributed by atoms with van der Waals surface area (Å²) in [5.41, 5.74) is 1.05. The number of fused-ring (bicyclic) bond motifs is 2. The van der Waals surface area contributed by atoms with Gasteiger partial charge in [0.05, 0.1) is 10.2 Å². The van der Waals surface area contributed by atoms with Gasteiger partial charge in [-0.25, -0.2) is 4.39 Å². The van der Waals surface area contributed by atoms with Gasteiger partial charge in [-0.05, 0) is 35.9 Å². The first-order chi connectivity index (χ1) is 12.2. The Morgan fingerprint density at radius 3 is 2.68 bits per heavy atom. The maximum Gasteiger partial charge on any atom is 0.280 e. The van der Waals surface area contributed by atoms with Gasteiger partial charge in [0.1, 0.15) is 5.82 Å². The lowest BCUT2D eigenvalue weighted by Crippen LogP contribution is -2.16. The van der Waals surface area contributed by atoms with Crippen LogP contribution in [-0.4, -0.2) is 10.5 Å². The van der Waals surface area contributed by atoms with Crippen LogP contribution in [0.25, 0.3) is 21.0 Å². The van der Waals surface area contributed by atoms with E-state index in [1.807, 2.05) is 49.4 Å². The van der Waals surface area contributed by atoms with Crippen molar-refractivity contribution in [3.05, 3.63) is 76.8 Å². The molecule has 0 bridgehead atoms. The molecule has 25 heavy (non-hydrogen) atoms.